The van der Waals surface area contributed by atoms with Gasteiger partial charge in [-0.05, 0) is 62.5 Å². The quantitative estimate of drug-likeness (QED) is 0.609. The number of likely N-dealkylation sites (tertiary alicyclic amines) is 1. The van der Waals surface area contributed by atoms with Crippen molar-refractivity contribution in [2.75, 3.05) is 25.0 Å². The van der Waals surface area contributed by atoms with Crippen molar-refractivity contribution in [1.29, 1.82) is 0 Å². The third-order valence-electron chi connectivity index (χ3n) is 4.23. The topological polar surface area (TPSA) is 44.4 Å². The molecule has 0 aliphatic carbocycles. The lowest BCUT2D eigenvalue weighted by molar-refractivity contribution is -0.130. The van der Waals surface area contributed by atoms with Crippen LogP contribution in [0.3, 0.4) is 0 Å². The Morgan fingerprint density at radius 1 is 1.29 bits per heavy atom. The molecule has 1 fully saturated rings. The second-order valence-electron chi connectivity index (χ2n) is 6.36. The monoisotopic (exact) mass is 367 g/mol. The highest BCUT2D eigenvalue weighted by Crippen LogP contribution is 2.27. The van der Waals surface area contributed by atoms with Crippen LogP contribution in [0.1, 0.15) is 43.2 Å². The van der Waals surface area contributed by atoms with Crippen molar-refractivity contribution in [2.45, 2.75) is 46.0 Å². The number of nitrogens with one attached hydrogen (secondary N) is 2. The Bertz CT molecular complexity index is 583. The molecule has 1 aliphatic rings. The highest BCUT2D eigenvalue weighted by Gasteiger charge is 2.15. The molecule has 6 heteroatoms. The van der Waals surface area contributed by atoms with Crippen LogP contribution in [-0.2, 0) is 4.79 Å². The number of halogens is 1. The summed E-state index contributed by atoms with van der Waals surface area (Å²) >= 11 is 11.6. The summed E-state index contributed by atoms with van der Waals surface area (Å²) in [7, 11) is 0. The summed E-state index contributed by atoms with van der Waals surface area (Å²) in [5, 5.41) is 7.60. The van der Waals surface area contributed by atoms with Crippen LogP contribution in [-0.4, -0.2) is 35.6 Å². The lowest BCUT2D eigenvalue weighted by Crippen LogP contribution is -2.35. The van der Waals surface area contributed by atoms with Crippen molar-refractivity contribution in [3.8, 4) is 0 Å². The van der Waals surface area contributed by atoms with Gasteiger partial charge in [-0.1, -0.05) is 24.1 Å². The van der Waals surface area contributed by atoms with E-state index in [1.54, 1.807) is 0 Å². The van der Waals surface area contributed by atoms with E-state index in [-0.39, 0.29) is 5.91 Å². The highest BCUT2D eigenvalue weighted by atomic mass is 35.5. The van der Waals surface area contributed by atoms with Gasteiger partial charge in [0.05, 0.1) is 10.7 Å². The van der Waals surface area contributed by atoms with Gasteiger partial charge in [0.25, 0.3) is 0 Å². The van der Waals surface area contributed by atoms with Gasteiger partial charge in [-0.3, -0.25) is 4.79 Å². The zero-order chi connectivity index (χ0) is 17.5. The molecule has 24 heavy (non-hydrogen) atoms. The number of rotatable bonds is 5. The molecule has 0 saturated carbocycles. The van der Waals surface area contributed by atoms with Crippen molar-refractivity contribution >= 4 is 40.5 Å². The SMILES string of the molecule is Cc1cc(C)c(NC(=S)NCCCN2CCCCCC2=O)c(Cl)c1. The van der Waals surface area contributed by atoms with E-state index in [9.17, 15) is 4.79 Å². The Morgan fingerprint density at radius 3 is 2.83 bits per heavy atom. The molecule has 1 aliphatic heterocycles. The van der Waals surface area contributed by atoms with Crippen LogP contribution in [0.25, 0.3) is 0 Å². The molecule has 132 valence electrons. The first-order valence-electron chi connectivity index (χ1n) is 8.57. The molecule has 0 radical (unpaired) electrons. The smallest absolute Gasteiger partial charge is 0.222 e. The summed E-state index contributed by atoms with van der Waals surface area (Å²) in [6, 6.07) is 3.99. The molecule has 1 amide bonds. The van der Waals surface area contributed by atoms with Gasteiger partial charge < -0.3 is 15.5 Å². The number of hydrogen-bond donors (Lipinski definition) is 2. The van der Waals surface area contributed by atoms with Crippen molar-refractivity contribution in [3.05, 3.63) is 28.3 Å². The standard InChI is InChI=1S/C18H26ClN3OS/c1-13-11-14(2)17(15(19)12-13)21-18(24)20-8-6-10-22-9-5-3-4-7-16(22)23/h11-12H,3-10H2,1-2H3,(H2,20,21,24). The number of thiocarbonyl (C=S) groups is 1. The first-order chi connectivity index (χ1) is 11.5. The highest BCUT2D eigenvalue weighted by molar-refractivity contribution is 7.80. The van der Waals surface area contributed by atoms with Gasteiger partial charge in [-0.15, -0.1) is 0 Å². The first-order valence-corrected chi connectivity index (χ1v) is 9.35. The minimum Gasteiger partial charge on any atom is -0.362 e. The largest absolute Gasteiger partial charge is 0.362 e. The van der Waals surface area contributed by atoms with E-state index in [0.717, 1.165) is 62.1 Å². The number of carbonyl (C=O) groups is 1. The van der Waals surface area contributed by atoms with Gasteiger partial charge in [0.2, 0.25) is 5.91 Å². The second-order valence-corrected chi connectivity index (χ2v) is 7.18. The van der Waals surface area contributed by atoms with Crippen LogP contribution in [0.4, 0.5) is 5.69 Å². The van der Waals surface area contributed by atoms with Crippen molar-refractivity contribution < 1.29 is 4.79 Å². The van der Waals surface area contributed by atoms with Gasteiger partial charge in [0, 0.05) is 26.1 Å². The maximum Gasteiger partial charge on any atom is 0.222 e. The molecule has 1 heterocycles. The molecule has 4 nitrogen and oxygen atoms in total. The zero-order valence-electron chi connectivity index (χ0n) is 14.5. The number of carbonyl (C=O) groups excluding carboxylic acids is 1. The Labute approximate surface area is 154 Å². The predicted octanol–water partition coefficient (Wildman–Crippen LogP) is 4.04. The Hall–Kier alpha value is -1.33. The first kappa shape index (κ1) is 19.0. The molecule has 1 aromatic rings. The maximum absolute atomic E-state index is 11.9. The molecule has 2 rings (SSSR count). The molecule has 0 atom stereocenters. The molecular formula is C18H26ClN3OS. The second kappa shape index (κ2) is 9.23. The van der Waals surface area contributed by atoms with Crippen molar-refractivity contribution in [3.63, 3.8) is 0 Å². The van der Waals surface area contributed by atoms with Gasteiger partial charge >= 0.3 is 0 Å². The summed E-state index contributed by atoms with van der Waals surface area (Å²) in [4.78, 5) is 13.9. The maximum atomic E-state index is 11.9. The molecule has 0 spiro atoms. The zero-order valence-corrected chi connectivity index (χ0v) is 16.0. The van der Waals surface area contributed by atoms with E-state index < -0.39 is 0 Å². The van der Waals surface area contributed by atoms with E-state index in [4.69, 9.17) is 23.8 Å². The number of amides is 1. The number of nitrogens with zero attached hydrogens (tertiary/aromatic N) is 1. The van der Waals surface area contributed by atoms with Crippen LogP contribution in [0.15, 0.2) is 12.1 Å². The molecule has 1 aromatic carbocycles. The van der Waals surface area contributed by atoms with Crippen LogP contribution in [0.2, 0.25) is 5.02 Å². The third kappa shape index (κ3) is 5.64. The van der Waals surface area contributed by atoms with E-state index in [1.807, 2.05) is 24.8 Å². The van der Waals surface area contributed by atoms with E-state index in [2.05, 4.69) is 16.7 Å². The van der Waals surface area contributed by atoms with Crippen LogP contribution < -0.4 is 10.6 Å². The lowest BCUT2D eigenvalue weighted by Gasteiger charge is -2.21. The normalized spacial score (nSPS) is 15.1. The number of hydrogen-bond acceptors (Lipinski definition) is 2. The van der Waals surface area contributed by atoms with Gasteiger partial charge in [0.15, 0.2) is 5.11 Å². The fourth-order valence-corrected chi connectivity index (χ4v) is 3.55. The minimum absolute atomic E-state index is 0.287. The van der Waals surface area contributed by atoms with Crippen LogP contribution in [0, 0.1) is 13.8 Å². The fraction of sp³-hybridized carbons (Fsp3) is 0.556. The van der Waals surface area contributed by atoms with Crippen LogP contribution in [0.5, 0.6) is 0 Å². The molecule has 0 bridgehead atoms. The Kier molecular flexibility index (Phi) is 7.31. The summed E-state index contributed by atoms with van der Waals surface area (Å²) < 4.78 is 0. The Balaban J connectivity index is 1.75. The van der Waals surface area contributed by atoms with Gasteiger partial charge in [0.1, 0.15) is 0 Å². The fourth-order valence-electron chi connectivity index (χ4n) is 2.98. The van der Waals surface area contributed by atoms with E-state index >= 15 is 0 Å². The molecule has 0 unspecified atom stereocenters. The molecule has 0 aromatic heterocycles. The molecule has 1 saturated heterocycles. The third-order valence-corrected chi connectivity index (χ3v) is 4.78. The Morgan fingerprint density at radius 2 is 2.08 bits per heavy atom. The predicted molar refractivity (Wildman–Crippen MR) is 105 cm³/mol. The summed E-state index contributed by atoms with van der Waals surface area (Å²) in [6.07, 6.45) is 4.88. The van der Waals surface area contributed by atoms with Gasteiger partial charge in [-0.2, -0.15) is 0 Å². The number of aryl methyl sites for hydroxylation is 2. The molecular weight excluding hydrogens is 342 g/mol. The van der Waals surface area contributed by atoms with E-state index in [1.165, 1.54) is 0 Å². The summed E-state index contributed by atoms with van der Waals surface area (Å²) in [5.41, 5.74) is 3.05. The summed E-state index contributed by atoms with van der Waals surface area (Å²) in [6.45, 7) is 6.44. The minimum atomic E-state index is 0.287. The van der Waals surface area contributed by atoms with E-state index in [0.29, 0.717) is 16.6 Å². The lowest BCUT2D eigenvalue weighted by atomic mass is 10.1. The molecule has 2 N–H and O–H groups in total. The van der Waals surface area contributed by atoms with Crippen LogP contribution >= 0.6 is 23.8 Å². The summed E-state index contributed by atoms with van der Waals surface area (Å²) in [5.74, 6) is 0.287. The average Bonchev–Trinajstić information content (AvgIpc) is 2.72. The number of anilines is 1. The van der Waals surface area contributed by atoms with Crippen molar-refractivity contribution in [1.82, 2.24) is 10.2 Å². The van der Waals surface area contributed by atoms with Crippen molar-refractivity contribution in [2.24, 2.45) is 0 Å². The number of benzene rings is 1. The average molecular weight is 368 g/mol. The van der Waals surface area contributed by atoms with Gasteiger partial charge in [-0.25, -0.2) is 0 Å².